The van der Waals surface area contributed by atoms with E-state index >= 15 is 0 Å². The quantitative estimate of drug-likeness (QED) is 0.557. The topological polar surface area (TPSA) is 123 Å². The second-order valence-electron chi connectivity index (χ2n) is 9.15. The Morgan fingerprint density at radius 2 is 2.12 bits per heavy atom. The largest absolute Gasteiger partial charge is 0.378 e. The molecule has 0 radical (unpaired) electrons. The van der Waals surface area contributed by atoms with Crippen LogP contribution in [0.25, 0.3) is 0 Å². The van der Waals surface area contributed by atoms with E-state index < -0.39 is 60.2 Å². The lowest BCUT2D eigenvalue weighted by molar-refractivity contribution is -0.198. The van der Waals surface area contributed by atoms with Crippen molar-refractivity contribution in [3.8, 4) is 6.07 Å². The molecule has 3 N–H and O–H groups in total. The third-order valence-corrected chi connectivity index (χ3v) is 7.25. The van der Waals surface area contributed by atoms with Gasteiger partial charge in [0.1, 0.15) is 12.1 Å². The summed E-state index contributed by atoms with van der Waals surface area (Å²) in [6.07, 6.45) is -1.41. The second kappa shape index (κ2) is 9.47. The maximum Gasteiger partial charge on any atom is 0.256 e. The number of carbonyl (C=O) groups excluding carboxylic acids is 3. The number of rotatable bonds is 6. The highest BCUT2D eigenvalue weighted by Gasteiger charge is 2.61. The number of aliphatic hydroxyl groups excluding tert-OH is 1. The van der Waals surface area contributed by atoms with Crippen LogP contribution in [0.5, 0.6) is 0 Å². The van der Waals surface area contributed by atoms with Crippen molar-refractivity contribution in [3.63, 3.8) is 0 Å². The van der Waals surface area contributed by atoms with Crippen molar-refractivity contribution in [2.75, 3.05) is 6.54 Å². The zero-order valence-electron chi connectivity index (χ0n) is 18.2. The normalized spacial score (nSPS) is 29.1. The van der Waals surface area contributed by atoms with Crippen LogP contribution >= 0.6 is 11.6 Å². The van der Waals surface area contributed by atoms with Gasteiger partial charge in [-0.25, -0.2) is 8.78 Å². The van der Waals surface area contributed by atoms with Crippen molar-refractivity contribution < 1.29 is 28.3 Å². The Balaban J connectivity index is 1.58. The van der Waals surface area contributed by atoms with E-state index in [9.17, 15) is 33.5 Å². The molecule has 2 bridgehead atoms. The molecule has 182 valence electrons. The zero-order chi connectivity index (χ0) is 24.6. The van der Waals surface area contributed by atoms with Crippen LogP contribution in [0.15, 0.2) is 24.3 Å². The van der Waals surface area contributed by atoms with Gasteiger partial charge in [-0.15, -0.1) is 0 Å². The monoisotopic (exact) mass is 494 g/mol. The van der Waals surface area contributed by atoms with Crippen LogP contribution in [0, 0.1) is 23.2 Å². The fourth-order valence-electron chi connectivity index (χ4n) is 5.34. The third kappa shape index (κ3) is 4.59. The van der Waals surface area contributed by atoms with Crippen LogP contribution in [-0.4, -0.2) is 58.3 Å². The molecule has 3 heterocycles. The SMILES string of the molecule is N#C[C@@H](C[C@H]1CCNC1=O)NC(=O)[C@@H]1[C@H]2CC[C@H](CC2(F)F)N1C(=O)[C@@H](O)c1cccc(Cl)c1. The number of carbonyl (C=O) groups is 3. The molecule has 1 aliphatic carbocycles. The van der Waals surface area contributed by atoms with E-state index in [1.807, 2.05) is 6.07 Å². The average molecular weight is 495 g/mol. The average Bonchev–Trinajstić information content (AvgIpc) is 3.20. The minimum Gasteiger partial charge on any atom is -0.378 e. The molecule has 3 aliphatic heterocycles. The molecule has 1 saturated carbocycles. The highest BCUT2D eigenvalue weighted by molar-refractivity contribution is 6.30. The lowest BCUT2D eigenvalue weighted by atomic mass is 9.71. The zero-order valence-corrected chi connectivity index (χ0v) is 19.0. The lowest BCUT2D eigenvalue weighted by Crippen LogP contribution is -2.69. The van der Waals surface area contributed by atoms with Gasteiger partial charge in [0.15, 0.2) is 6.10 Å². The van der Waals surface area contributed by atoms with Gasteiger partial charge in [-0.1, -0.05) is 23.7 Å². The first-order valence-electron chi connectivity index (χ1n) is 11.2. The van der Waals surface area contributed by atoms with Crippen molar-refractivity contribution in [3.05, 3.63) is 34.9 Å². The molecule has 11 heteroatoms. The molecule has 8 nitrogen and oxygen atoms in total. The molecule has 5 rings (SSSR count). The number of hydrogen-bond acceptors (Lipinski definition) is 5. The van der Waals surface area contributed by atoms with E-state index in [2.05, 4.69) is 10.6 Å². The Bertz CT molecular complexity index is 1030. The van der Waals surface area contributed by atoms with Crippen LogP contribution in [0.3, 0.4) is 0 Å². The first kappa shape index (κ1) is 24.4. The van der Waals surface area contributed by atoms with Crippen LogP contribution in [-0.2, 0) is 14.4 Å². The lowest BCUT2D eigenvalue weighted by Gasteiger charge is -2.54. The number of nitrogens with one attached hydrogen (secondary N) is 2. The van der Waals surface area contributed by atoms with Gasteiger partial charge in [0, 0.05) is 29.9 Å². The summed E-state index contributed by atoms with van der Waals surface area (Å²) < 4.78 is 29.6. The Labute approximate surface area is 200 Å². The number of piperidine rings is 2. The molecular weight excluding hydrogens is 470 g/mol. The number of hydrogen-bond donors (Lipinski definition) is 3. The highest BCUT2D eigenvalue weighted by Crippen LogP contribution is 2.49. The molecule has 3 amide bonds. The van der Waals surface area contributed by atoms with E-state index in [1.165, 1.54) is 12.1 Å². The smallest absolute Gasteiger partial charge is 0.256 e. The van der Waals surface area contributed by atoms with Crippen molar-refractivity contribution in [2.24, 2.45) is 11.8 Å². The number of amides is 3. The Kier molecular flexibility index (Phi) is 6.78. The molecule has 34 heavy (non-hydrogen) atoms. The Morgan fingerprint density at radius 3 is 2.74 bits per heavy atom. The van der Waals surface area contributed by atoms with Gasteiger partial charge >= 0.3 is 0 Å². The number of aliphatic hydroxyl groups is 1. The highest BCUT2D eigenvalue weighted by atomic mass is 35.5. The van der Waals surface area contributed by atoms with Crippen molar-refractivity contribution in [1.82, 2.24) is 15.5 Å². The second-order valence-corrected chi connectivity index (χ2v) is 9.59. The number of alkyl halides is 2. The molecule has 1 aromatic rings. The predicted molar refractivity (Wildman–Crippen MR) is 116 cm³/mol. The summed E-state index contributed by atoms with van der Waals surface area (Å²) >= 11 is 5.95. The fourth-order valence-corrected chi connectivity index (χ4v) is 5.54. The summed E-state index contributed by atoms with van der Waals surface area (Å²) in [6.45, 7) is 0.470. The van der Waals surface area contributed by atoms with Gasteiger partial charge in [0.25, 0.3) is 11.8 Å². The molecule has 0 aromatic heterocycles. The standard InChI is InChI=1S/C23H25ClF2N4O4/c24-14-3-1-2-12(8-14)19(31)22(34)30-16-4-5-17(23(25,26)10-16)18(30)21(33)29-15(11-27)9-13-6-7-28-20(13)32/h1-3,8,13,15-19,31H,4-7,9-10H2,(H,28,32)(H,29,33)/t13-,15-,16-,17-,18+,19+/m1/s1. The summed E-state index contributed by atoms with van der Waals surface area (Å²) in [6, 6.07) is 4.35. The number of halogens is 3. The minimum atomic E-state index is -3.17. The van der Waals surface area contributed by atoms with Gasteiger partial charge in [-0.3, -0.25) is 14.4 Å². The van der Waals surface area contributed by atoms with Crippen LogP contribution in [0.2, 0.25) is 5.02 Å². The van der Waals surface area contributed by atoms with Crippen molar-refractivity contribution in [1.29, 1.82) is 5.26 Å². The summed E-state index contributed by atoms with van der Waals surface area (Å²) in [5.74, 6) is -7.05. The van der Waals surface area contributed by atoms with Gasteiger partial charge < -0.3 is 20.6 Å². The van der Waals surface area contributed by atoms with Gasteiger partial charge in [-0.2, -0.15) is 5.26 Å². The van der Waals surface area contributed by atoms with Crippen molar-refractivity contribution >= 4 is 29.3 Å². The number of fused-ring (bicyclic) bond motifs is 3. The van der Waals surface area contributed by atoms with E-state index in [1.54, 1.807) is 12.1 Å². The molecule has 6 atom stereocenters. The van der Waals surface area contributed by atoms with Gasteiger partial charge in [0.05, 0.1) is 12.0 Å². The molecular formula is C23H25ClF2N4O4. The van der Waals surface area contributed by atoms with Crippen LogP contribution in [0.1, 0.15) is 43.8 Å². The predicted octanol–water partition coefficient (Wildman–Crippen LogP) is 1.92. The summed E-state index contributed by atoms with van der Waals surface area (Å²) in [4.78, 5) is 39.4. The van der Waals surface area contributed by atoms with Crippen molar-refractivity contribution in [2.45, 2.75) is 62.3 Å². The number of nitrogens with zero attached hydrogens (tertiary/aromatic N) is 2. The summed E-state index contributed by atoms with van der Waals surface area (Å²) in [5, 5.41) is 25.6. The molecule has 0 unspecified atom stereocenters. The van der Waals surface area contributed by atoms with Gasteiger partial charge in [0.2, 0.25) is 11.8 Å². The first-order valence-corrected chi connectivity index (χ1v) is 11.6. The first-order chi connectivity index (χ1) is 16.1. The van der Waals surface area contributed by atoms with E-state index in [-0.39, 0.29) is 35.8 Å². The third-order valence-electron chi connectivity index (χ3n) is 7.01. The molecule has 4 aliphatic rings. The molecule has 4 fully saturated rings. The van der Waals surface area contributed by atoms with E-state index in [0.717, 1.165) is 4.90 Å². The van der Waals surface area contributed by atoms with E-state index in [4.69, 9.17) is 11.6 Å². The number of benzene rings is 1. The van der Waals surface area contributed by atoms with Crippen LogP contribution < -0.4 is 10.6 Å². The summed E-state index contributed by atoms with van der Waals surface area (Å²) in [7, 11) is 0. The summed E-state index contributed by atoms with van der Waals surface area (Å²) in [5.41, 5.74) is 0.187. The minimum absolute atomic E-state index is 0.0368. The van der Waals surface area contributed by atoms with Crippen LogP contribution in [0.4, 0.5) is 8.78 Å². The van der Waals surface area contributed by atoms with Gasteiger partial charge in [-0.05, 0) is 43.4 Å². The molecule has 0 spiro atoms. The molecule has 1 aromatic carbocycles. The Hall–Kier alpha value is -2.77. The maximum atomic E-state index is 14.8. The maximum absolute atomic E-state index is 14.8. The molecule has 3 saturated heterocycles. The fraction of sp³-hybridized carbons (Fsp3) is 0.565. The number of nitriles is 1. The van der Waals surface area contributed by atoms with E-state index in [0.29, 0.717) is 13.0 Å². The Morgan fingerprint density at radius 1 is 1.35 bits per heavy atom.